The molecule has 1 atom stereocenters. The summed E-state index contributed by atoms with van der Waals surface area (Å²) in [7, 11) is 0. The fourth-order valence-corrected chi connectivity index (χ4v) is 2.50. The van der Waals surface area contributed by atoms with E-state index in [4.69, 9.17) is 16.7 Å². The molecule has 0 aliphatic heterocycles. The van der Waals surface area contributed by atoms with Crippen LogP contribution in [0.5, 0.6) is 0 Å². The highest BCUT2D eigenvalue weighted by Gasteiger charge is 2.25. The molecule has 1 rings (SSSR count). The van der Waals surface area contributed by atoms with Gasteiger partial charge in [-0.05, 0) is 37.5 Å². The highest BCUT2D eigenvalue weighted by molar-refractivity contribution is 6.34. The normalized spacial score (nSPS) is 11.9. The third kappa shape index (κ3) is 6.38. The van der Waals surface area contributed by atoms with Gasteiger partial charge in [0, 0.05) is 18.2 Å². The van der Waals surface area contributed by atoms with E-state index in [0.717, 1.165) is 0 Å². The summed E-state index contributed by atoms with van der Waals surface area (Å²) in [5.41, 5.74) is 0.628. The average Bonchev–Trinajstić information content (AvgIpc) is 2.52. The number of carboxylic acids is 1. The largest absolute Gasteiger partial charge is 0.480 e. The Balaban J connectivity index is 3.08. The van der Waals surface area contributed by atoms with E-state index in [-0.39, 0.29) is 28.5 Å². The molecule has 1 aromatic carbocycles. The van der Waals surface area contributed by atoms with Gasteiger partial charge in [-0.15, -0.1) is 0 Å². The predicted octanol–water partition coefficient (Wildman–Crippen LogP) is 3.65. The molecule has 2 N–H and O–H groups in total. The summed E-state index contributed by atoms with van der Waals surface area (Å²) in [6.45, 7) is 7.12. The van der Waals surface area contributed by atoms with Crippen molar-refractivity contribution in [3.05, 3.63) is 28.8 Å². The monoisotopic (exact) mass is 368 g/mol. The van der Waals surface area contributed by atoms with Gasteiger partial charge in [-0.2, -0.15) is 0 Å². The zero-order valence-corrected chi connectivity index (χ0v) is 15.8. The second-order valence-corrected chi connectivity index (χ2v) is 6.83. The Bertz CT molecular complexity index is 646. The number of halogens is 1. The molecule has 7 heteroatoms. The minimum Gasteiger partial charge on any atom is -0.480 e. The lowest BCUT2D eigenvalue weighted by atomic mass is 10.1. The number of hydrogen-bond acceptors (Lipinski definition) is 3. The zero-order chi connectivity index (χ0) is 19.1. The topological polar surface area (TPSA) is 86.7 Å². The van der Waals surface area contributed by atoms with Crippen molar-refractivity contribution in [3.63, 3.8) is 0 Å². The molecule has 138 valence electrons. The van der Waals surface area contributed by atoms with Gasteiger partial charge in [-0.3, -0.25) is 14.4 Å². The average molecular weight is 369 g/mol. The predicted molar refractivity (Wildman–Crippen MR) is 98.0 cm³/mol. The maximum absolute atomic E-state index is 12.8. The zero-order valence-electron chi connectivity index (χ0n) is 15.0. The van der Waals surface area contributed by atoms with E-state index in [1.165, 1.54) is 17.0 Å². The number of nitrogens with zero attached hydrogens (tertiary/aromatic N) is 1. The number of carboxylic acid groups (broad SMARTS) is 1. The molecule has 0 spiro atoms. The third-order valence-corrected chi connectivity index (χ3v) is 4.09. The first-order chi connectivity index (χ1) is 11.6. The first kappa shape index (κ1) is 21.0. The smallest absolute Gasteiger partial charge is 0.323 e. The summed E-state index contributed by atoms with van der Waals surface area (Å²) in [4.78, 5) is 37.0. The van der Waals surface area contributed by atoms with Gasteiger partial charge < -0.3 is 15.3 Å². The number of benzene rings is 1. The fraction of sp³-hybridized carbons (Fsp3) is 0.500. The van der Waals surface area contributed by atoms with E-state index in [2.05, 4.69) is 5.32 Å². The number of amides is 2. The second-order valence-electron chi connectivity index (χ2n) is 6.42. The Morgan fingerprint density at radius 2 is 1.88 bits per heavy atom. The molecule has 0 bridgehead atoms. The summed E-state index contributed by atoms with van der Waals surface area (Å²) in [5.74, 6) is -1.50. The molecular weight excluding hydrogens is 344 g/mol. The number of hydrogen-bond donors (Lipinski definition) is 2. The van der Waals surface area contributed by atoms with Gasteiger partial charge in [0.2, 0.25) is 5.91 Å². The lowest BCUT2D eigenvalue weighted by molar-refractivity contribution is -0.138. The molecule has 0 saturated carbocycles. The van der Waals surface area contributed by atoms with Crippen LogP contribution in [-0.4, -0.2) is 40.4 Å². The van der Waals surface area contributed by atoms with E-state index < -0.39 is 18.4 Å². The number of aliphatic carboxylic acids is 1. The van der Waals surface area contributed by atoms with Crippen molar-refractivity contribution >= 4 is 35.1 Å². The van der Waals surface area contributed by atoms with Crippen molar-refractivity contribution in [3.8, 4) is 0 Å². The van der Waals surface area contributed by atoms with Crippen LogP contribution in [0, 0.1) is 5.92 Å². The van der Waals surface area contributed by atoms with Gasteiger partial charge in [0.05, 0.1) is 10.6 Å². The molecule has 0 fully saturated rings. The Kier molecular flexibility index (Phi) is 7.90. The quantitative estimate of drug-likeness (QED) is 0.733. The Hall–Kier alpha value is -2.08. The van der Waals surface area contributed by atoms with Crippen molar-refractivity contribution in [2.45, 2.75) is 46.6 Å². The third-order valence-electron chi connectivity index (χ3n) is 3.76. The number of carbonyl (C=O) groups is 3. The van der Waals surface area contributed by atoms with Crippen molar-refractivity contribution in [2.24, 2.45) is 5.92 Å². The van der Waals surface area contributed by atoms with E-state index in [9.17, 15) is 14.4 Å². The minimum absolute atomic E-state index is 0.153. The maximum atomic E-state index is 12.8. The first-order valence-electron chi connectivity index (χ1n) is 8.27. The molecule has 0 radical (unpaired) electrons. The van der Waals surface area contributed by atoms with Crippen molar-refractivity contribution in [1.82, 2.24) is 4.90 Å². The van der Waals surface area contributed by atoms with Gasteiger partial charge in [-0.25, -0.2) is 0 Å². The van der Waals surface area contributed by atoms with Crippen LogP contribution < -0.4 is 5.32 Å². The molecule has 2 amide bonds. The van der Waals surface area contributed by atoms with Crippen LogP contribution in [0.4, 0.5) is 5.69 Å². The number of rotatable bonds is 8. The molecule has 0 heterocycles. The van der Waals surface area contributed by atoms with Crippen LogP contribution >= 0.6 is 11.6 Å². The van der Waals surface area contributed by atoms with Crippen molar-refractivity contribution in [2.75, 3.05) is 11.9 Å². The molecule has 0 aliphatic rings. The molecular formula is C18H25ClN2O4. The van der Waals surface area contributed by atoms with Crippen LogP contribution in [0.1, 0.15) is 50.9 Å². The highest BCUT2D eigenvalue weighted by atomic mass is 35.5. The standard InChI is InChI=1S/C18H25ClN2O4/c1-5-12(4)21(10-17(23)24)18(25)14-9-13(6-7-15(14)19)20-16(22)8-11(2)3/h6-7,9,11-12H,5,8,10H2,1-4H3,(H,20,22)(H,23,24). The Morgan fingerprint density at radius 3 is 2.40 bits per heavy atom. The summed E-state index contributed by atoms with van der Waals surface area (Å²) in [6.07, 6.45) is 0.978. The van der Waals surface area contributed by atoms with E-state index in [1.807, 2.05) is 20.8 Å². The lowest BCUT2D eigenvalue weighted by Gasteiger charge is -2.27. The Morgan fingerprint density at radius 1 is 1.24 bits per heavy atom. The van der Waals surface area contributed by atoms with Gasteiger partial charge in [0.25, 0.3) is 5.91 Å². The first-order valence-corrected chi connectivity index (χ1v) is 8.65. The van der Waals surface area contributed by atoms with E-state index >= 15 is 0 Å². The highest BCUT2D eigenvalue weighted by Crippen LogP contribution is 2.24. The number of anilines is 1. The van der Waals surface area contributed by atoms with Crippen LogP contribution in [0.25, 0.3) is 0 Å². The molecule has 0 aliphatic carbocycles. The molecule has 0 aromatic heterocycles. The van der Waals surface area contributed by atoms with Crippen LogP contribution in [0.15, 0.2) is 18.2 Å². The molecule has 1 aromatic rings. The summed E-state index contributed by atoms with van der Waals surface area (Å²) in [5, 5.41) is 12.0. The number of nitrogens with one attached hydrogen (secondary N) is 1. The van der Waals surface area contributed by atoms with Gasteiger partial charge in [-0.1, -0.05) is 32.4 Å². The van der Waals surface area contributed by atoms with Gasteiger partial charge in [0.15, 0.2) is 0 Å². The Labute approximate surface area is 153 Å². The summed E-state index contributed by atoms with van der Waals surface area (Å²) >= 11 is 6.13. The van der Waals surface area contributed by atoms with Crippen LogP contribution in [0.3, 0.4) is 0 Å². The van der Waals surface area contributed by atoms with Crippen molar-refractivity contribution in [1.29, 1.82) is 0 Å². The van der Waals surface area contributed by atoms with Gasteiger partial charge >= 0.3 is 5.97 Å². The molecule has 6 nitrogen and oxygen atoms in total. The van der Waals surface area contributed by atoms with E-state index in [0.29, 0.717) is 18.5 Å². The van der Waals surface area contributed by atoms with Crippen LogP contribution in [-0.2, 0) is 9.59 Å². The lowest BCUT2D eigenvalue weighted by Crippen LogP contribution is -2.42. The maximum Gasteiger partial charge on any atom is 0.323 e. The number of carbonyl (C=O) groups excluding carboxylic acids is 2. The summed E-state index contributed by atoms with van der Waals surface area (Å²) < 4.78 is 0. The fourth-order valence-electron chi connectivity index (χ4n) is 2.30. The molecule has 25 heavy (non-hydrogen) atoms. The minimum atomic E-state index is -1.09. The SMILES string of the molecule is CCC(C)N(CC(=O)O)C(=O)c1cc(NC(=O)CC(C)C)ccc1Cl. The second kappa shape index (κ2) is 9.42. The molecule has 0 saturated heterocycles. The van der Waals surface area contributed by atoms with E-state index in [1.54, 1.807) is 13.0 Å². The van der Waals surface area contributed by atoms with Crippen LogP contribution in [0.2, 0.25) is 5.02 Å². The molecule has 1 unspecified atom stereocenters. The van der Waals surface area contributed by atoms with Crippen molar-refractivity contribution < 1.29 is 19.5 Å². The summed E-state index contributed by atoms with van der Waals surface area (Å²) in [6, 6.07) is 4.37. The van der Waals surface area contributed by atoms with Gasteiger partial charge in [0.1, 0.15) is 6.54 Å².